The van der Waals surface area contributed by atoms with Crippen LogP contribution in [0.4, 0.5) is 15.8 Å². The van der Waals surface area contributed by atoms with Crippen molar-refractivity contribution in [3.05, 3.63) is 117 Å². The van der Waals surface area contributed by atoms with Gasteiger partial charge in [0.05, 0.1) is 10.6 Å². The van der Waals surface area contributed by atoms with Crippen LogP contribution in [0.25, 0.3) is 11.8 Å². The van der Waals surface area contributed by atoms with Crippen LogP contribution in [0, 0.1) is 29.8 Å². The van der Waals surface area contributed by atoms with E-state index in [2.05, 4.69) is 5.32 Å². The zero-order chi connectivity index (χ0) is 28.6. The van der Waals surface area contributed by atoms with Crippen LogP contribution in [-0.4, -0.2) is 26.4 Å². The summed E-state index contributed by atoms with van der Waals surface area (Å²) in [4.78, 5) is 39.5. The van der Waals surface area contributed by atoms with Crippen molar-refractivity contribution in [1.82, 2.24) is 9.88 Å². The van der Waals surface area contributed by atoms with Crippen molar-refractivity contribution >= 4 is 58.4 Å². The molecule has 0 bridgehead atoms. The number of aromatic nitrogens is 1. The van der Waals surface area contributed by atoms with Gasteiger partial charge in [-0.25, -0.2) is 4.39 Å². The molecule has 2 amide bonds. The molecule has 0 radical (unpaired) electrons. The molecule has 1 aliphatic heterocycles. The molecule has 1 aromatic heterocycles. The van der Waals surface area contributed by atoms with Gasteiger partial charge in [0.2, 0.25) is 0 Å². The quantitative estimate of drug-likeness (QED) is 0.0983. The van der Waals surface area contributed by atoms with Crippen LogP contribution >= 0.6 is 24.0 Å². The predicted molar refractivity (Wildman–Crippen MR) is 155 cm³/mol. The highest BCUT2D eigenvalue weighted by atomic mass is 32.2. The van der Waals surface area contributed by atoms with Gasteiger partial charge in [-0.2, -0.15) is 0 Å². The number of carbonyl (C=O) groups is 2. The normalized spacial score (nSPS) is 14.5. The standard InChI is InChI=1S/C29H21FN4O4S2/c1-17-15-19(16-26-27(35)31-29(39)33(28(26)36)22-5-3-20(30)4-6-22)18(2)32(17)21-7-11-24(12-8-21)40-25-13-9-23(10-14-25)34(37)38/h3-16H,1-2H3,(H,31,35,39)/b26-16-. The van der Waals surface area contributed by atoms with Gasteiger partial charge in [0.25, 0.3) is 17.5 Å². The van der Waals surface area contributed by atoms with Gasteiger partial charge in [0.1, 0.15) is 11.4 Å². The Morgan fingerprint density at radius 1 is 0.925 bits per heavy atom. The van der Waals surface area contributed by atoms with Gasteiger partial charge in [-0.15, -0.1) is 0 Å². The van der Waals surface area contributed by atoms with Crippen LogP contribution in [0.2, 0.25) is 0 Å². The lowest BCUT2D eigenvalue weighted by molar-refractivity contribution is -0.384. The van der Waals surface area contributed by atoms with Gasteiger partial charge in [-0.3, -0.25) is 29.9 Å². The highest BCUT2D eigenvalue weighted by molar-refractivity contribution is 7.99. The molecule has 0 spiro atoms. The van der Waals surface area contributed by atoms with Crippen LogP contribution in [0.3, 0.4) is 0 Å². The number of anilines is 1. The molecule has 11 heteroatoms. The van der Waals surface area contributed by atoms with E-state index in [4.69, 9.17) is 12.2 Å². The first-order valence-corrected chi connectivity index (χ1v) is 13.2. The number of nitro groups is 1. The van der Waals surface area contributed by atoms with Crippen LogP contribution in [0.1, 0.15) is 17.0 Å². The van der Waals surface area contributed by atoms with Crippen LogP contribution < -0.4 is 10.2 Å². The summed E-state index contributed by atoms with van der Waals surface area (Å²) in [7, 11) is 0. The first kappa shape index (κ1) is 27.0. The number of carbonyl (C=O) groups excluding carboxylic acids is 2. The summed E-state index contributed by atoms with van der Waals surface area (Å²) in [5, 5.41) is 13.3. The molecular formula is C29H21FN4O4S2. The largest absolute Gasteiger partial charge is 0.318 e. The molecule has 8 nitrogen and oxygen atoms in total. The van der Waals surface area contributed by atoms with E-state index in [0.717, 1.165) is 26.9 Å². The third-order valence-electron chi connectivity index (χ3n) is 6.33. The smallest absolute Gasteiger partial charge is 0.270 e. The summed E-state index contributed by atoms with van der Waals surface area (Å²) in [6.07, 6.45) is 1.54. The Kier molecular flexibility index (Phi) is 7.33. The van der Waals surface area contributed by atoms with Gasteiger partial charge in [0.15, 0.2) is 5.11 Å². The van der Waals surface area contributed by atoms with Crippen molar-refractivity contribution in [2.24, 2.45) is 0 Å². The Morgan fingerprint density at radius 2 is 1.50 bits per heavy atom. The van der Waals surface area contributed by atoms with Crippen molar-refractivity contribution in [3.8, 4) is 5.69 Å². The number of nitro benzene ring substituents is 1. The summed E-state index contributed by atoms with van der Waals surface area (Å²) in [5.41, 5.74) is 3.60. The molecule has 2 heterocycles. The maximum atomic E-state index is 13.4. The monoisotopic (exact) mass is 572 g/mol. The van der Waals surface area contributed by atoms with Crippen LogP contribution in [-0.2, 0) is 9.59 Å². The number of halogens is 1. The van der Waals surface area contributed by atoms with E-state index >= 15 is 0 Å². The minimum absolute atomic E-state index is 0.0438. The third-order valence-corrected chi connectivity index (χ3v) is 7.64. The number of hydrogen-bond donors (Lipinski definition) is 1. The molecule has 1 N–H and O–H groups in total. The number of aryl methyl sites for hydroxylation is 1. The van der Waals surface area contributed by atoms with E-state index < -0.39 is 22.6 Å². The number of non-ortho nitro benzene ring substituents is 1. The van der Waals surface area contributed by atoms with E-state index in [9.17, 15) is 24.1 Å². The highest BCUT2D eigenvalue weighted by Crippen LogP contribution is 2.31. The molecule has 0 atom stereocenters. The van der Waals surface area contributed by atoms with Crippen molar-refractivity contribution < 1.29 is 18.9 Å². The SMILES string of the molecule is Cc1cc(/C=C2/C(=O)NC(=S)N(c3ccc(F)cc3)C2=O)c(C)n1-c1ccc(Sc2ccc([N+](=O)[O-])cc2)cc1. The molecule has 0 unspecified atom stereocenters. The fourth-order valence-electron chi connectivity index (χ4n) is 4.40. The van der Waals surface area contributed by atoms with E-state index in [1.165, 1.54) is 59.1 Å². The zero-order valence-corrected chi connectivity index (χ0v) is 22.9. The van der Waals surface area contributed by atoms with Gasteiger partial charge in [-0.05, 0) is 104 Å². The molecule has 1 fully saturated rings. The van der Waals surface area contributed by atoms with Crippen LogP contribution in [0.15, 0.2) is 94.2 Å². The maximum Gasteiger partial charge on any atom is 0.270 e. The second-order valence-corrected chi connectivity index (χ2v) is 10.5. The zero-order valence-electron chi connectivity index (χ0n) is 21.3. The van der Waals surface area contributed by atoms with Crippen molar-refractivity contribution in [1.29, 1.82) is 0 Å². The molecule has 3 aromatic carbocycles. The third kappa shape index (κ3) is 5.29. The number of nitrogens with one attached hydrogen (secondary N) is 1. The number of nitrogens with zero attached hydrogens (tertiary/aromatic N) is 3. The Labute approximate surface area is 238 Å². The maximum absolute atomic E-state index is 13.4. The van der Waals surface area contributed by atoms with E-state index in [1.807, 2.05) is 48.7 Å². The van der Waals surface area contributed by atoms with Gasteiger partial charge >= 0.3 is 0 Å². The summed E-state index contributed by atoms with van der Waals surface area (Å²) in [6.45, 7) is 3.82. The fraction of sp³-hybridized carbons (Fsp3) is 0.0690. The molecule has 0 aliphatic carbocycles. The fourth-order valence-corrected chi connectivity index (χ4v) is 5.50. The highest BCUT2D eigenvalue weighted by Gasteiger charge is 2.34. The number of amides is 2. The minimum Gasteiger partial charge on any atom is -0.318 e. The van der Waals surface area contributed by atoms with E-state index in [1.54, 1.807) is 12.1 Å². The summed E-state index contributed by atoms with van der Waals surface area (Å²) in [5.74, 6) is -1.66. The number of hydrogen-bond acceptors (Lipinski definition) is 6. The summed E-state index contributed by atoms with van der Waals surface area (Å²) >= 11 is 6.70. The van der Waals surface area contributed by atoms with Gasteiger partial charge in [0, 0.05) is 39.0 Å². The Morgan fingerprint density at radius 3 is 2.10 bits per heavy atom. The summed E-state index contributed by atoms with van der Waals surface area (Å²) < 4.78 is 15.4. The Balaban J connectivity index is 1.41. The van der Waals surface area contributed by atoms with Crippen molar-refractivity contribution in [2.75, 3.05) is 4.90 Å². The lowest BCUT2D eigenvalue weighted by atomic mass is 10.1. The summed E-state index contributed by atoms with van der Waals surface area (Å²) in [6, 6.07) is 21.4. The minimum atomic E-state index is -0.606. The first-order chi connectivity index (χ1) is 19.1. The Hall–Kier alpha value is -4.61. The molecule has 0 saturated carbocycles. The van der Waals surface area contributed by atoms with E-state index in [-0.39, 0.29) is 16.4 Å². The first-order valence-electron chi connectivity index (χ1n) is 12.0. The average molecular weight is 573 g/mol. The lowest BCUT2D eigenvalue weighted by Gasteiger charge is -2.28. The molecule has 1 aliphatic rings. The lowest BCUT2D eigenvalue weighted by Crippen LogP contribution is -2.54. The van der Waals surface area contributed by atoms with E-state index in [0.29, 0.717) is 11.3 Å². The van der Waals surface area contributed by atoms with Crippen molar-refractivity contribution in [2.45, 2.75) is 23.6 Å². The average Bonchev–Trinajstić information content (AvgIpc) is 3.20. The molecule has 1 saturated heterocycles. The molecule has 40 heavy (non-hydrogen) atoms. The second-order valence-electron chi connectivity index (χ2n) is 8.94. The van der Waals surface area contributed by atoms with Gasteiger partial charge in [-0.1, -0.05) is 11.8 Å². The number of benzene rings is 3. The number of thiocarbonyl (C=S) groups is 1. The molecule has 5 rings (SSSR count). The number of rotatable bonds is 6. The topological polar surface area (TPSA) is 97.5 Å². The molecule has 4 aromatic rings. The predicted octanol–water partition coefficient (Wildman–Crippen LogP) is 6.12. The second kappa shape index (κ2) is 10.9. The van der Waals surface area contributed by atoms with Gasteiger partial charge < -0.3 is 4.57 Å². The Bertz CT molecular complexity index is 1700. The molecule has 200 valence electrons. The molecular weight excluding hydrogens is 551 g/mol. The van der Waals surface area contributed by atoms with Crippen molar-refractivity contribution in [3.63, 3.8) is 0 Å². The van der Waals surface area contributed by atoms with Crippen LogP contribution in [0.5, 0.6) is 0 Å².